The number of ether oxygens (including phenoxy) is 1. The smallest absolute Gasteiger partial charge is 0.416 e. The lowest BCUT2D eigenvalue weighted by molar-refractivity contribution is -0.137. The van der Waals surface area contributed by atoms with E-state index < -0.39 is 35.5 Å². The molecule has 4 nitrogen and oxygen atoms in total. The van der Waals surface area contributed by atoms with Crippen molar-refractivity contribution in [1.82, 2.24) is 0 Å². The lowest BCUT2D eigenvalue weighted by atomic mass is 10.1. The average molecular weight is 355 g/mol. The number of hydrogen-bond donors (Lipinski definition) is 1. The third-order valence-corrected chi connectivity index (χ3v) is 3.21. The fourth-order valence-electron chi connectivity index (χ4n) is 1.85. The number of rotatable bonds is 4. The predicted octanol–water partition coefficient (Wildman–Crippen LogP) is 4.03. The molecule has 0 heterocycles. The van der Waals surface area contributed by atoms with Crippen molar-refractivity contribution in [2.24, 2.45) is 0 Å². The van der Waals surface area contributed by atoms with Gasteiger partial charge in [-0.2, -0.15) is 13.2 Å². The largest absolute Gasteiger partial charge is 0.449 e. The predicted molar refractivity (Wildman–Crippen MR) is 81.4 cm³/mol. The van der Waals surface area contributed by atoms with E-state index in [1.807, 2.05) is 0 Å². The van der Waals surface area contributed by atoms with Gasteiger partial charge in [-0.25, -0.2) is 9.18 Å². The highest BCUT2D eigenvalue weighted by Gasteiger charge is 2.30. The molecule has 1 atom stereocenters. The molecule has 0 aliphatic heterocycles. The van der Waals surface area contributed by atoms with E-state index in [9.17, 15) is 27.2 Å². The monoisotopic (exact) mass is 355 g/mol. The fourth-order valence-corrected chi connectivity index (χ4v) is 1.85. The van der Waals surface area contributed by atoms with Crippen molar-refractivity contribution in [3.63, 3.8) is 0 Å². The van der Waals surface area contributed by atoms with Crippen LogP contribution in [-0.2, 0) is 15.7 Å². The minimum Gasteiger partial charge on any atom is -0.449 e. The molecule has 25 heavy (non-hydrogen) atoms. The second kappa shape index (κ2) is 7.33. The number of hydrogen-bond acceptors (Lipinski definition) is 3. The summed E-state index contributed by atoms with van der Waals surface area (Å²) in [5, 5.41) is 2.42. The lowest BCUT2D eigenvalue weighted by Gasteiger charge is -2.14. The van der Waals surface area contributed by atoms with Crippen molar-refractivity contribution in [2.75, 3.05) is 5.32 Å². The Kier molecular flexibility index (Phi) is 5.41. The van der Waals surface area contributed by atoms with Gasteiger partial charge in [-0.3, -0.25) is 4.79 Å². The van der Waals surface area contributed by atoms with Gasteiger partial charge >= 0.3 is 12.1 Å². The molecule has 0 radical (unpaired) electrons. The summed E-state index contributed by atoms with van der Waals surface area (Å²) in [6.45, 7) is 1.31. The molecule has 0 saturated carbocycles. The zero-order valence-electron chi connectivity index (χ0n) is 12.9. The zero-order chi connectivity index (χ0) is 18.6. The third-order valence-electron chi connectivity index (χ3n) is 3.21. The molecule has 0 spiro atoms. The number of nitrogens with one attached hydrogen (secondary N) is 1. The van der Waals surface area contributed by atoms with Crippen molar-refractivity contribution in [3.8, 4) is 0 Å². The molecule has 0 aliphatic rings. The Morgan fingerprint density at radius 2 is 1.56 bits per heavy atom. The Labute approximate surface area is 140 Å². The number of benzene rings is 2. The highest BCUT2D eigenvalue weighted by molar-refractivity contribution is 5.97. The Morgan fingerprint density at radius 1 is 1.00 bits per heavy atom. The first-order chi connectivity index (χ1) is 11.7. The van der Waals surface area contributed by atoms with Crippen molar-refractivity contribution in [1.29, 1.82) is 0 Å². The Morgan fingerprint density at radius 3 is 2.08 bits per heavy atom. The minimum absolute atomic E-state index is 0.116. The van der Waals surface area contributed by atoms with Crippen LogP contribution in [0.1, 0.15) is 22.8 Å². The van der Waals surface area contributed by atoms with Crippen molar-refractivity contribution >= 4 is 17.6 Å². The Hall–Kier alpha value is -2.90. The molecule has 0 bridgehead atoms. The summed E-state index contributed by atoms with van der Waals surface area (Å²) >= 11 is 0. The van der Waals surface area contributed by atoms with Gasteiger partial charge < -0.3 is 10.1 Å². The van der Waals surface area contributed by atoms with Crippen LogP contribution in [-0.4, -0.2) is 18.0 Å². The van der Waals surface area contributed by atoms with E-state index in [1.165, 1.54) is 19.1 Å². The zero-order valence-corrected chi connectivity index (χ0v) is 12.9. The SMILES string of the molecule is C[C@@H](OC(=O)c1ccc(C(F)(F)F)cc1)C(=O)Nc1ccc(F)cc1. The van der Waals surface area contributed by atoms with Gasteiger partial charge in [-0.15, -0.1) is 0 Å². The van der Waals surface area contributed by atoms with Crippen molar-refractivity contribution < 1.29 is 31.9 Å². The highest BCUT2D eigenvalue weighted by atomic mass is 19.4. The molecule has 0 fully saturated rings. The summed E-state index contributed by atoms with van der Waals surface area (Å²) in [6, 6.07) is 8.39. The summed E-state index contributed by atoms with van der Waals surface area (Å²) < 4.78 is 55.1. The van der Waals surface area contributed by atoms with Crippen LogP contribution in [0.25, 0.3) is 0 Å². The van der Waals surface area contributed by atoms with E-state index >= 15 is 0 Å². The van der Waals surface area contributed by atoms with Gasteiger partial charge in [-0.1, -0.05) is 0 Å². The molecule has 0 aliphatic carbocycles. The van der Waals surface area contributed by atoms with Gasteiger partial charge in [0.1, 0.15) is 5.82 Å². The van der Waals surface area contributed by atoms with Crippen molar-refractivity contribution in [2.45, 2.75) is 19.2 Å². The molecule has 1 amide bonds. The molecule has 1 N–H and O–H groups in total. The van der Waals surface area contributed by atoms with Crippen LogP contribution < -0.4 is 5.32 Å². The van der Waals surface area contributed by atoms with E-state index in [4.69, 9.17) is 4.74 Å². The average Bonchev–Trinajstić information content (AvgIpc) is 2.56. The first-order valence-electron chi connectivity index (χ1n) is 7.11. The van der Waals surface area contributed by atoms with Crippen LogP contribution >= 0.6 is 0 Å². The van der Waals surface area contributed by atoms with Crippen LogP contribution in [0.5, 0.6) is 0 Å². The van der Waals surface area contributed by atoms with Gasteiger partial charge in [0.05, 0.1) is 11.1 Å². The number of carbonyl (C=O) groups is 2. The number of amides is 1. The maximum Gasteiger partial charge on any atom is 0.416 e. The van der Waals surface area contributed by atoms with Crippen molar-refractivity contribution in [3.05, 3.63) is 65.5 Å². The topological polar surface area (TPSA) is 55.4 Å². The quantitative estimate of drug-likeness (QED) is 0.666. The number of esters is 1. The molecule has 0 aromatic heterocycles. The maximum absolute atomic E-state index is 12.8. The van der Waals surface area contributed by atoms with Gasteiger partial charge in [0.2, 0.25) is 0 Å². The number of anilines is 1. The summed E-state index contributed by atoms with van der Waals surface area (Å²) in [7, 11) is 0. The molecule has 2 rings (SSSR count). The molecule has 0 saturated heterocycles. The van der Waals surface area contributed by atoms with Crippen LogP contribution in [0.2, 0.25) is 0 Å². The van der Waals surface area contributed by atoms with E-state index in [2.05, 4.69) is 5.32 Å². The van der Waals surface area contributed by atoms with E-state index in [-0.39, 0.29) is 5.56 Å². The second-order valence-corrected chi connectivity index (χ2v) is 5.12. The Bertz CT molecular complexity index is 755. The van der Waals surface area contributed by atoms with Crippen LogP contribution in [0, 0.1) is 5.82 Å². The van der Waals surface area contributed by atoms with Gasteiger partial charge in [-0.05, 0) is 55.5 Å². The normalized spacial score (nSPS) is 12.4. The summed E-state index contributed by atoms with van der Waals surface area (Å²) in [5.41, 5.74) is -0.704. The van der Waals surface area contributed by atoms with Crippen LogP contribution in [0.4, 0.5) is 23.2 Å². The van der Waals surface area contributed by atoms with E-state index in [1.54, 1.807) is 0 Å². The molecule has 132 valence electrons. The molecule has 2 aromatic carbocycles. The summed E-state index contributed by atoms with van der Waals surface area (Å²) in [4.78, 5) is 23.8. The molecule has 0 unspecified atom stereocenters. The van der Waals surface area contributed by atoms with Crippen LogP contribution in [0.3, 0.4) is 0 Å². The number of halogens is 4. The van der Waals surface area contributed by atoms with Gasteiger partial charge in [0.25, 0.3) is 5.91 Å². The molecule has 2 aromatic rings. The molecular weight excluding hydrogens is 342 g/mol. The van der Waals surface area contributed by atoms with Gasteiger partial charge in [0.15, 0.2) is 6.10 Å². The minimum atomic E-state index is -4.51. The standard InChI is InChI=1S/C17H13F4NO3/c1-10(15(23)22-14-8-6-13(18)7-9-14)25-16(24)11-2-4-12(5-3-11)17(19,20)21/h2-10H,1H3,(H,22,23)/t10-/m1/s1. The Balaban J connectivity index is 1.97. The third kappa shape index (κ3) is 5.03. The summed E-state index contributed by atoms with van der Waals surface area (Å²) in [5.74, 6) is -2.07. The highest BCUT2D eigenvalue weighted by Crippen LogP contribution is 2.29. The van der Waals surface area contributed by atoms with E-state index in [0.717, 1.165) is 36.4 Å². The molecule has 8 heteroatoms. The molecular formula is C17H13F4NO3. The number of carbonyl (C=O) groups excluding carboxylic acids is 2. The lowest BCUT2D eigenvalue weighted by Crippen LogP contribution is -2.30. The first-order valence-corrected chi connectivity index (χ1v) is 7.11. The fraction of sp³-hybridized carbons (Fsp3) is 0.176. The summed E-state index contributed by atoms with van der Waals surface area (Å²) in [6.07, 6.45) is -5.70. The van der Waals surface area contributed by atoms with Crippen LogP contribution in [0.15, 0.2) is 48.5 Å². The number of alkyl halides is 3. The van der Waals surface area contributed by atoms with E-state index in [0.29, 0.717) is 5.69 Å². The second-order valence-electron chi connectivity index (χ2n) is 5.12. The maximum atomic E-state index is 12.8. The van der Waals surface area contributed by atoms with Gasteiger partial charge in [0, 0.05) is 5.69 Å². The first kappa shape index (κ1) is 18.4.